The fraction of sp³-hybridized carbons (Fsp3) is 0.654. The van der Waals surface area contributed by atoms with Crippen molar-refractivity contribution in [3.05, 3.63) is 29.3 Å². The number of carbonyl (C=O) groups is 3. The van der Waals surface area contributed by atoms with Crippen molar-refractivity contribution in [2.45, 2.75) is 76.5 Å². The third kappa shape index (κ3) is 5.22. The van der Waals surface area contributed by atoms with Crippen molar-refractivity contribution in [1.29, 1.82) is 0 Å². The summed E-state index contributed by atoms with van der Waals surface area (Å²) in [7, 11) is 0. The van der Waals surface area contributed by atoms with E-state index in [1.165, 1.54) is 0 Å². The summed E-state index contributed by atoms with van der Waals surface area (Å²) in [6.07, 6.45) is 2.89. The standard InChI is InChI=1S/C26H36N2O6/c1-25(2,3)34-24(32)27-14-17-4-7-22-20(12-17)26(16-33-22)8-10-28(11-9-26)23(31)18-5-6-21(30)19(13-18)15-29/h4,7,12,15,18-19,21,30H,5-6,8-11,13-14,16H2,1-3H3,(H,27,32). The molecule has 0 radical (unpaired) electrons. The Balaban J connectivity index is 1.37. The van der Waals surface area contributed by atoms with E-state index in [0.717, 1.165) is 36.0 Å². The van der Waals surface area contributed by atoms with E-state index >= 15 is 0 Å². The van der Waals surface area contributed by atoms with Crippen molar-refractivity contribution in [3.63, 3.8) is 0 Å². The highest BCUT2D eigenvalue weighted by atomic mass is 16.6. The van der Waals surface area contributed by atoms with Gasteiger partial charge in [0.05, 0.1) is 12.7 Å². The number of carbonyl (C=O) groups excluding carboxylic acids is 3. The van der Waals surface area contributed by atoms with E-state index < -0.39 is 23.7 Å². The Kier molecular flexibility index (Phi) is 6.90. The van der Waals surface area contributed by atoms with Crippen LogP contribution >= 0.6 is 0 Å². The average Bonchev–Trinajstić information content (AvgIpc) is 3.14. The Labute approximate surface area is 201 Å². The zero-order valence-electron chi connectivity index (χ0n) is 20.3. The van der Waals surface area contributed by atoms with Gasteiger partial charge in [0.15, 0.2) is 0 Å². The minimum atomic E-state index is -0.627. The Morgan fingerprint density at radius 3 is 2.68 bits per heavy atom. The van der Waals surface area contributed by atoms with Gasteiger partial charge in [-0.1, -0.05) is 6.07 Å². The van der Waals surface area contributed by atoms with E-state index in [-0.39, 0.29) is 17.2 Å². The molecule has 0 aromatic heterocycles. The minimum Gasteiger partial charge on any atom is -0.492 e. The maximum atomic E-state index is 13.1. The summed E-state index contributed by atoms with van der Waals surface area (Å²) >= 11 is 0. The van der Waals surface area contributed by atoms with Crippen LogP contribution in [-0.2, 0) is 26.3 Å². The van der Waals surface area contributed by atoms with Crippen LogP contribution in [0.25, 0.3) is 0 Å². The number of likely N-dealkylation sites (tertiary alicyclic amines) is 1. The van der Waals surface area contributed by atoms with Crippen LogP contribution in [-0.4, -0.2) is 59.7 Å². The topological polar surface area (TPSA) is 105 Å². The molecular formula is C26H36N2O6. The molecule has 2 aliphatic heterocycles. The fourth-order valence-electron chi connectivity index (χ4n) is 5.40. The van der Waals surface area contributed by atoms with Crippen molar-refractivity contribution >= 4 is 18.3 Å². The molecule has 2 N–H and O–H groups in total. The molecule has 186 valence electrons. The van der Waals surface area contributed by atoms with Gasteiger partial charge in [0.1, 0.15) is 17.6 Å². The number of ether oxygens (including phenoxy) is 2. The highest BCUT2D eigenvalue weighted by molar-refractivity contribution is 5.79. The lowest BCUT2D eigenvalue weighted by Crippen LogP contribution is -2.49. The van der Waals surface area contributed by atoms with E-state index in [0.29, 0.717) is 45.5 Å². The highest BCUT2D eigenvalue weighted by Crippen LogP contribution is 2.46. The molecule has 1 aliphatic carbocycles. The monoisotopic (exact) mass is 472 g/mol. The average molecular weight is 473 g/mol. The Hall–Kier alpha value is -2.61. The predicted molar refractivity (Wildman–Crippen MR) is 125 cm³/mol. The normalized spacial score (nSPS) is 25.9. The van der Waals surface area contributed by atoms with E-state index in [4.69, 9.17) is 9.47 Å². The number of aldehydes is 1. The van der Waals surface area contributed by atoms with Crippen molar-refractivity contribution in [1.82, 2.24) is 10.2 Å². The Morgan fingerprint density at radius 1 is 1.26 bits per heavy atom. The van der Waals surface area contributed by atoms with Crippen molar-refractivity contribution in [3.8, 4) is 5.75 Å². The second-order valence-corrected chi connectivity index (χ2v) is 11.0. The van der Waals surface area contributed by atoms with Gasteiger partial charge in [-0.3, -0.25) is 4.79 Å². The van der Waals surface area contributed by atoms with Gasteiger partial charge >= 0.3 is 6.09 Å². The Morgan fingerprint density at radius 2 is 2.00 bits per heavy atom. The Bertz CT molecular complexity index is 932. The molecule has 3 atom stereocenters. The van der Waals surface area contributed by atoms with Gasteiger partial charge in [-0.2, -0.15) is 0 Å². The number of nitrogens with one attached hydrogen (secondary N) is 1. The van der Waals surface area contributed by atoms with Crippen LogP contribution in [0.5, 0.6) is 5.75 Å². The molecular weight excluding hydrogens is 436 g/mol. The van der Waals surface area contributed by atoms with Crippen LogP contribution in [0.15, 0.2) is 18.2 Å². The first-order valence-electron chi connectivity index (χ1n) is 12.3. The summed E-state index contributed by atoms with van der Waals surface area (Å²) in [6.45, 7) is 7.75. The van der Waals surface area contributed by atoms with Crippen molar-refractivity contribution in [2.75, 3.05) is 19.7 Å². The highest BCUT2D eigenvalue weighted by Gasteiger charge is 2.45. The van der Waals surface area contributed by atoms with Crippen LogP contribution in [0.1, 0.15) is 64.0 Å². The molecule has 8 heteroatoms. The molecule has 3 aliphatic rings. The van der Waals surface area contributed by atoms with Gasteiger partial charge in [-0.05, 0) is 70.6 Å². The third-order valence-corrected chi connectivity index (χ3v) is 7.37. The van der Waals surface area contributed by atoms with Gasteiger partial charge in [0, 0.05) is 42.4 Å². The van der Waals surface area contributed by atoms with Crippen LogP contribution in [0.4, 0.5) is 4.79 Å². The summed E-state index contributed by atoms with van der Waals surface area (Å²) in [5, 5.41) is 12.8. The molecule has 3 unspecified atom stereocenters. The smallest absolute Gasteiger partial charge is 0.407 e. The molecule has 1 aromatic carbocycles. The van der Waals surface area contributed by atoms with E-state index in [1.54, 1.807) is 0 Å². The van der Waals surface area contributed by atoms with E-state index in [2.05, 4.69) is 11.4 Å². The first-order chi connectivity index (χ1) is 16.1. The third-order valence-electron chi connectivity index (χ3n) is 7.37. The maximum absolute atomic E-state index is 13.1. The van der Waals surface area contributed by atoms with Crippen molar-refractivity contribution < 1.29 is 29.0 Å². The minimum absolute atomic E-state index is 0.100. The summed E-state index contributed by atoms with van der Waals surface area (Å²) < 4.78 is 11.3. The van der Waals surface area contributed by atoms with E-state index in [9.17, 15) is 19.5 Å². The molecule has 8 nitrogen and oxygen atoms in total. The fourth-order valence-corrected chi connectivity index (χ4v) is 5.40. The van der Waals surface area contributed by atoms with Crippen LogP contribution in [0.2, 0.25) is 0 Å². The maximum Gasteiger partial charge on any atom is 0.407 e. The largest absolute Gasteiger partial charge is 0.492 e. The van der Waals surface area contributed by atoms with Gasteiger partial charge in [0.25, 0.3) is 0 Å². The first kappa shape index (κ1) is 24.5. The van der Waals surface area contributed by atoms with Gasteiger partial charge in [-0.25, -0.2) is 4.79 Å². The zero-order chi connectivity index (χ0) is 24.5. The number of alkyl carbamates (subject to hydrolysis) is 1. The molecule has 2 fully saturated rings. The molecule has 4 rings (SSSR count). The summed E-state index contributed by atoms with van der Waals surface area (Å²) in [5.41, 5.74) is 1.44. The van der Waals surface area contributed by atoms with E-state index in [1.807, 2.05) is 37.8 Å². The summed E-state index contributed by atoms with van der Waals surface area (Å²) in [5.74, 6) is 0.339. The summed E-state index contributed by atoms with van der Waals surface area (Å²) in [4.78, 5) is 38.3. The summed E-state index contributed by atoms with van der Waals surface area (Å²) in [6, 6.07) is 6.02. The molecule has 1 saturated carbocycles. The first-order valence-corrected chi connectivity index (χ1v) is 12.3. The number of hydrogen-bond donors (Lipinski definition) is 2. The molecule has 2 heterocycles. The second-order valence-electron chi connectivity index (χ2n) is 11.0. The van der Waals surface area contributed by atoms with Crippen LogP contribution in [0, 0.1) is 11.8 Å². The lowest BCUT2D eigenvalue weighted by atomic mass is 9.73. The zero-order valence-corrected chi connectivity index (χ0v) is 20.3. The van der Waals surface area contributed by atoms with Gasteiger partial charge in [0.2, 0.25) is 5.91 Å². The number of hydrogen-bond acceptors (Lipinski definition) is 6. The SMILES string of the molecule is CC(C)(C)OC(=O)NCc1ccc2c(c1)C1(CCN(C(=O)C3CCC(O)C(C=O)C3)CC1)CO2. The number of nitrogens with zero attached hydrogens (tertiary/aromatic N) is 1. The molecule has 1 spiro atoms. The predicted octanol–water partition coefficient (Wildman–Crippen LogP) is 2.94. The second kappa shape index (κ2) is 9.56. The molecule has 1 aromatic rings. The van der Waals surface area contributed by atoms with Crippen LogP contribution in [0.3, 0.4) is 0 Å². The molecule has 0 bridgehead atoms. The molecule has 2 amide bonds. The quantitative estimate of drug-likeness (QED) is 0.653. The number of rotatable bonds is 4. The number of fused-ring (bicyclic) bond motifs is 2. The lowest BCUT2D eigenvalue weighted by Gasteiger charge is -2.41. The van der Waals surface area contributed by atoms with Gasteiger partial charge in [-0.15, -0.1) is 0 Å². The van der Waals surface area contributed by atoms with Crippen LogP contribution < -0.4 is 10.1 Å². The number of piperidine rings is 1. The van der Waals surface area contributed by atoms with Crippen molar-refractivity contribution in [2.24, 2.45) is 11.8 Å². The van der Waals surface area contributed by atoms with Gasteiger partial charge < -0.3 is 29.6 Å². The molecule has 34 heavy (non-hydrogen) atoms. The molecule has 1 saturated heterocycles. The number of benzene rings is 1. The number of aliphatic hydroxyl groups is 1. The number of aliphatic hydroxyl groups excluding tert-OH is 1. The lowest BCUT2D eigenvalue weighted by molar-refractivity contribution is -0.140. The number of amides is 2.